The van der Waals surface area contributed by atoms with Crippen LogP contribution in [0.15, 0.2) is 18.2 Å². The lowest BCUT2D eigenvalue weighted by molar-refractivity contribution is 0.217. The number of hydrogen-bond acceptors (Lipinski definition) is 2. The number of halogens is 2. The molecular formula is C17H18Cl2O2. The Bertz CT molecular complexity index is 556. The number of aliphatic hydroxyl groups excluding tert-OH is 2. The molecule has 0 aliphatic heterocycles. The highest BCUT2D eigenvalue weighted by molar-refractivity contribution is 6.34. The number of rotatable bonds is 5. The van der Waals surface area contributed by atoms with E-state index >= 15 is 0 Å². The van der Waals surface area contributed by atoms with E-state index in [9.17, 15) is 10.2 Å². The molecule has 2 atom stereocenters. The fraction of sp³-hybridized carbons (Fsp3) is 0.412. The maximum atomic E-state index is 9.89. The van der Waals surface area contributed by atoms with Crippen LogP contribution in [0.25, 0.3) is 0 Å². The highest BCUT2D eigenvalue weighted by Crippen LogP contribution is 2.23. The largest absolute Gasteiger partial charge is 0.380 e. The first kappa shape index (κ1) is 17.9. The zero-order valence-electron chi connectivity index (χ0n) is 11.9. The van der Waals surface area contributed by atoms with Gasteiger partial charge in [-0.3, -0.25) is 0 Å². The molecule has 0 heterocycles. The van der Waals surface area contributed by atoms with Crippen LogP contribution in [0.5, 0.6) is 0 Å². The van der Waals surface area contributed by atoms with E-state index in [4.69, 9.17) is 23.2 Å². The maximum absolute atomic E-state index is 9.89. The zero-order valence-corrected chi connectivity index (χ0v) is 13.4. The van der Waals surface area contributed by atoms with E-state index in [1.54, 1.807) is 18.2 Å². The summed E-state index contributed by atoms with van der Waals surface area (Å²) in [5, 5.41) is 20.4. The van der Waals surface area contributed by atoms with Gasteiger partial charge in [-0.05, 0) is 48.4 Å². The van der Waals surface area contributed by atoms with Gasteiger partial charge in [0.25, 0.3) is 0 Å². The van der Waals surface area contributed by atoms with Crippen molar-refractivity contribution >= 4 is 23.2 Å². The lowest BCUT2D eigenvalue weighted by Crippen LogP contribution is -2.01. The van der Waals surface area contributed by atoms with Gasteiger partial charge in [0.05, 0.1) is 0 Å². The quantitative estimate of drug-likeness (QED) is 0.635. The molecule has 0 aliphatic rings. The lowest BCUT2D eigenvalue weighted by Gasteiger charge is -2.04. The third-order valence-electron chi connectivity index (χ3n) is 2.79. The van der Waals surface area contributed by atoms with E-state index in [1.807, 2.05) is 0 Å². The summed E-state index contributed by atoms with van der Waals surface area (Å²) < 4.78 is 0. The molecule has 0 amide bonds. The summed E-state index contributed by atoms with van der Waals surface area (Å²) in [6.07, 6.45) is 2.11. The molecule has 21 heavy (non-hydrogen) atoms. The molecule has 0 aromatic heterocycles. The lowest BCUT2D eigenvalue weighted by atomic mass is 10.1. The molecule has 1 rings (SSSR count). The second-order valence-corrected chi connectivity index (χ2v) is 5.53. The number of benzene rings is 1. The summed E-state index contributed by atoms with van der Waals surface area (Å²) in [5.41, 5.74) is 0.519. The number of unbranched alkanes of at least 4 members (excludes halogenated alkanes) is 2. The first-order valence-electron chi connectivity index (χ1n) is 6.86. The van der Waals surface area contributed by atoms with E-state index in [1.165, 1.54) is 0 Å². The van der Waals surface area contributed by atoms with Crippen LogP contribution in [0.2, 0.25) is 10.0 Å². The third kappa shape index (κ3) is 7.42. The van der Waals surface area contributed by atoms with Crippen molar-refractivity contribution in [1.29, 1.82) is 0 Å². The Morgan fingerprint density at radius 2 is 1.62 bits per heavy atom. The van der Waals surface area contributed by atoms with Gasteiger partial charge < -0.3 is 10.2 Å². The summed E-state index contributed by atoms with van der Waals surface area (Å²) in [4.78, 5) is 0. The second kappa shape index (κ2) is 9.72. The first-order valence-corrected chi connectivity index (χ1v) is 7.61. The molecule has 2 unspecified atom stereocenters. The van der Waals surface area contributed by atoms with Crippen molar-refractivity contribution in [3.05, 3.63) is 33.8 Å². The van der Waals surface area contributed by atoms with Gasteiger partial charge in [0.2, 0.25) is 0 Å². The second-order valence-electron chi connectivity index (χ2n) is 4.66. The van der Waals surface area contributed by atoms with Crippen molar-refractivity contribution in [2.75, 3.05) is 0 Å². The molecule has 112 valence electrons. The third-order valence-corrected chi connectivity index (χ3v) is 3.23. The Morgan fingerprint density at radius 3 is 2.24 bits per heavy atom. The average Bonchev–Trinajstić information content (AvgIpc) is 2.42. The predicted molar refractivity (Wildman–Crippen MR) is 87.1 cm³/mol. The molecule has 0 aliphatic carbocycles. The SMILES string of the molecule is CCCCCC(O)C#CC#CC(O)c1cc(Cl)cc(Cl)c1. The molecule has 0 radical (unpaired) electrons. The molecule has 2 nitrogen and oxygen atoms in total. The van der Waals surface area contributed by atoms with Crippen LogP contribution in [-0.2, 0) is 0 Å². The Kier molecular flexibility index (Phi) is 8.28. The summed E-state index contributed by atoms with van der Waals surface area (Å²) >= 11 is 11.7. The Hall–Kier alpha value is -1.16. The van der Waals surface area contributed by atoms with Gasteiger partial charge >= 0.3 is 0 Å². The predicted octanol–water partition coefficient (Wildman–Crippen LogP) is 3.97. The van der Waals surface area contributed by atoms with Crippen molar-refractivity contribution in [2.45, 2.75) is 44.8 Å². The van der Waals surface area contributed by atoms with Crippen molar-refractivity contribution in [3.8, 4) is 23.7 Å². The molecule has 0 saturated carbocycles. The molecular weight excluding hydrogens is 307 g/mol. The van der Waals surface area contributed by atoms with E-state index in [0.29, 0.717) is 22.0 Å². The van der Waals surface area contributed by atoms with E-state index < -0.39 is 12.2 Å². The molecule has 1 aromatic carbocycles. The van der Waals surface area contributed by atoms with E-state index in [-0.39, 0.29) is 0 Å². The molecule has 0 fully saturated rings. The van der Waals surface area contributed by atoms with Crippen molar-refractivity contribution in [3.63, 3.8) is 0 Å². The summed E-state index contributed by atoms with van der Waals surface area (Å²) in [5.74, 6) is 10.3. The van der Waals surface area contributed by atoms with Gasteiger partial charge in [0.15, 0.2) is 0 Å². The number of aliphatic hydroxyl groups is 2. The molecule has 2 N–H and O–H groups in total. The van der Waals surface area contributed by atoms with Crippen LogP contribution in [0.4, 0.5) is 0 Å². The molecule has 0 saturated heterocycles. The van der Waals surface area contributed by atoms with Crippen LogP contribution in [0.1, 0.15) is 44.3 Å². The highest BCUT2D eigenvalue weighted by atomic mass is 35.5. The minimum atomic E-state index is -1.01. The minimum absolute atomic E-state index is 0.441. The molecule has 0 bridgehead atoms. The normalized spacial score (nSPS) is 12.6. The summed E-state index contributed by atoms with van der Waals surface area (Å²) in [6.45, 7) is 2.10. The summed E-state index contributed by atoms with van der Waals surface area (Å²) in [7, 11) is 0. The van der Waals surface area contributed by atoms with E-state index in [2.05, 4.69) is 30.6 Å². The molecule has 0 spiro atoms. The van der Waals surface area contributed by atoms with Crippen molar-refractivity contribution in [2.24, 2.45) is 0 Å². The van der Waals surface area contributed by atoms with Crippen molar-refractivity contribution in [1.82, 2.24) is 0 Å². The fourth-order valence-electron chi connectivity index (χ4n) is 1.70. The summed E-state index contributed by atoms with van der Waals surface area (Å²) in [6, 6.07) is 4.78. The Morgan fingerprint density at radius 1 is 1.00 bits per heavy atom. The highest BCUT2D eigenvalue weighted by Gasteiger charge is 2.05. The van der Waals surface area contributed by atoms with Gasteiger partial charge in [-0.15, -0.1) is 0 Å². The zero-order chi connectivity index (χ0) is 15.7. The van der Waals surface area contributed by atoms with Crippen LogP contribution in [0.3, 0.4) is 0 Å². The molecule has 4 heteroatoms. The van der Waals surface area contributed by atoms with Gasteiger partial charge in [-0.1, -0.05) is 54.8 Å². The Balaban J connectivity index is 2.58. The number of hydrogen-bond donors (Lipinski definition) is 2. The maximum Gasteiger partial charge on any atom is 0.141 e. The van der Waals surface area contributed by atoms with Crippen LogP contribution < -0.4 is 0 Å². The van der Waals surface area contributed by atoms with Gasteiger partial charge in [0.1, 0.15) is 12.2 Å². The van der Waals surface area contributed by atoms with Crippen LogP contribution >= 0.6 is 23.2 Å². The van der Waals surface area contributed by atoms with Crippen molar-refractivity contribution < 1.29 is 10.2 Å². The Labute approximate surface area is 136 Å². The smallest absolute Gasteiger partial charge is 0.141 e. The molecule has 1 aromatic rings. The fourth-order valence-corrected chi connectivity index (χ4v) is 2.24. The first-order chi connectivity index (χ1) is 10.0. The average molecular weight is 325 g/mol. The standard InChI is InChI=1S/C17H18Cl2O2/c1-2-3-4-7-16(20)8-5-6-9-17(21)13-10-14(18)12-15(19)11-13/h10-12,16-17,20-21H,2-4,7H2,1H3. The monoisotopic (exact) mass is 324 g/mol. The van der Waals surface area contributed by atoms with Gasteiger partial charge in [-0.25, -0.2) is 0 Å². The van der Waals surface area contributed by atoms with Crippen LogP contribution in [-0.4, -0.2) is 16.3 Å². The van der Waals surface area contributed by atoms with E-state index in [0.717, 1.165) is 19.3 Å². The van der Waals surface area contributed by atoms with Crippen LogP contribution in [0, 0.1) is 23.7 Å². The topological polar surface area (TPSA) is 40.5 Å². The van der Waals surface area contributed by atoms with Gasteiger partial charge in [0, 0.05) is 10.0 Å². The van der Waals surface area contributed by atoms with Gasteiger partial charge in [-0.2, -0.15) is 0 Å². The minimum Gasteiger partial charge on any atom is -0.380 e.